The van der Waals surface area contributed by atoms with Gasteiger partial charge in [-0.15, -0.1) is 0 Å². The number of benzene rings is 1. The average Bonchev–Trinajstić information content (AvgIpc) is 2.55. The maximum absolute atomic E-state index is 5.59. The van der Waals surface area contributed by atoms with Crippen molar-refractivity contribution in [3.63, 3.8) is 0 Å². The van der Waals surface area contributed by atoms with Gasteiger partial charge in [-0.2, -0.15) is 0 Å². The highest BCUT2D eigenvalue weighted by Crippen LogP contribution is 2.19. The average molecular weight is 218 g/mol. The van der Waals surface area contributed by atoms with Gasteiger partial charge in [-0.3, -0.25) is 0 Å². The van der Waals surface area contributed by atoms with E-state index in [-0.39, 0.29) is 6.04 Å². The molecule has 16 heavy (non-hydrogen) atoms. The van der Waals surface area contributed by atoms with E-state index in [1.165, 1.54) is 5.56 Å². The number of aromatic nitrogens is 2. The lowest BCUT2D eigenvalue weighted by atomic mass is 10.2. The second-order valence-corrected chi connectivity index (χ2v) is 4.27. The molecule has 4 heteroatoms. The topological polar surface area (TPSA) is 55.9 Å². The quantitative estimate of drug-likeness (QED) is 0.823. The Kier molecular flexibility index (Phi) is 2.83. The molecule has 2 rings (SSSR count). The molecule has 1 unspecified atom stereocenters. The van der Waals surface area contributed by atoms with Gasteiger partial charge in [0.25, 0.3) is 0 Å². The van der Waals surface area contributed by atoms with E-state index in [1.54, 1.807) is 0 Å². The van der Waals surface area contributed by atoms with E-state index >= 15 is 0 Å². The van der Waals surface area contributed by atoms with Crippen molar-refractivity contribution in [2.24, 2.45) is 12.8 Å². The van der Waals surface area contributed by atoms with Crippen LogP contribution in [0.3, 0.4) is 0 Å². The summed E-state index contributed by atoms with van der Waals surface area (Å²) in [5.74, 6) is 0.874. The first-order valence-corrected chi connectivity index (χ1v) is 5.51. The van der Waals surface area contributed by atoms with Crippen LogP contribution >= 0.6 is 0 Å². The maximum atomic E-state index is 5.59. The second-order valence-electron chi connectivity index (χ2n) is 4.27. The summed E-state index contributed by atoms with van der Waals surface area (Å²) in [7, 11) is 2.01. The van der Waals surface area contributed by atoms with Crippen LogP contribution in [0.2, 0.25) is 0 Å². The molecular weight excluding hydrogens is 200 g/mol. The zero-order valence-corrected chi connectivity index (χ0v) is 9.99. The number of hydrogen-bond acceptors (Lipinski definition) is 3. The van der Waals surface area contributed by atoms with Gasteiger partial charge in [-0.05, 0) is 31.5 Å². The molecule has 0 aliphatic heterocycles. The van der Waals surface area contributed by atoms with Crippen LogP contribution < -0.4 is 11.1 Å². The van der Waals surface area contributed by atoms with Gasteiger partial charge in [0.2, 0.25) is 5.95 Å². The first-order valence-electron chi connectivity index (χ1n) is 5.51. The van der Waals surface area contributed by atoms with Crippen molar-refractivity contribution in [1.29, 1.82) is 0 Å². The molecule has 1 heterocycles. The van der Waals surface area contributed by atoms with E-state index in [4.69, 9.17) is 5.73 Å². The third-order valence-electron chi connectivity index (χ3n) is 2.77. The van der Waals surface area contributed by atoms with E-state index in [2.05, 4.69) is 40.0 Å². The molecule has 0 bridgehead atoms. The number of fused-ring (bicyclic) bond motifs is 1. The minimum absolute atomic E-state index is 0.233. The number of anilines is 1. The lowest BCUT2D eigenvalue weighted by molar-refractivity contribution is 0.777. The number of nitrogens with two attached hydrogens (primary N) is 1. The van der Waals surface area contributed by atoms with Gasteiger partial charge >= 0.3 is 0 Å². The molecule has 0 fully saturated rings. The summed E-state index contributed by atoms with van der Waals surface area (Å²) < 4.78 is 2.06. The molecule has 2 aromatic rings. The van der Waals surface area contributed by atoms with E-state index in [9.17, 15) is 0 Å². The highest BCUT2D eigenvalue weighted by atomic mass is 15.2. The van der Waals surface area contributed by atoms with E-state index in [0.29, 0.717) is 6.54 Å². The van der Waals surface area contributed by atoms with Crippen LogP contribution in [-0.2, 0) is 7.05 Å². The van der Waals surface area contributed by atoms with Crippen LogP contribution in [0.4, 0.5) is 5.95 Å². The summed E-state index contributed by atoms with van der Waals surface area (Å²) in [5.41, 5.74) is 8.97. The Morgan fingerprint density at radius 3 is 2.94 bits per heavy atom. The van der Waals surface area contributed by atoms with E-state index in [1.807, 2.05) is 14.0 Å². The van der Waals surface area contributed by atoms with Crippen LogP contribution in [0.15, 0.2) is 18.2 Å². The zero-order chi connectivity index (χ0) is 11.7. The second kappa shape index (κ2) is 4.14. The van der Waals surface area contributed by atoms with Crippen molar-refractivity contribution >= 4 is 17.0 Å². The Hall–Kier alpha value is -1.55. The summed E-state index contributed by atoms with van der Waals surface area (Å²) in [6.45, 7) is 4.72. The molecule has 86 valence electrons. The fourth-order valence-electron chi connectivity index (χ4n) is 1.72. The van der Waals surface area contributed by atoms with Crippen molar-refractivity contribution in [2.75, 3.05) is 11.9 Å². The molecule has 0 amide bonds. The summed E-state index contributed by atoms with van der Waals surface area (Å²) in [6.07, 6.45) is 0. The van der Waals surface area contributed by atoms with Crippen LogP contribution in [0.1, 0.15) is 12.5 Å². The Bertz CT molecular complexity index is 501. The molecule has 4 nitrogen and oxygen atoms in total. The van der Waals surface area contributed by atoms with Crippen molar-refractivity contribution in [3.8, 4) is 0 Å². The lowest BCUT2D eigenvalue weighted by Crippen LogP contribution is -2.26. The molecule has 0 saturated heterocycles. The van der Waals surface area contributed by atoms with Crippen molar-refractivity contribution in [3.05, 3.63) is 23.8 Å². The van der Waals surface area contributed by atoms with Crippen LogP contribution in [0, 0.1) is 6.92 Å². The van der Waals surface area contributed by atoms with Gasteiger partial charge in [0, 0.05) is 19.6 Å². The minimum Gasteiger partial charge on any atom is -0.352 e. The van der Waals surface area contributed by atoms with Crippen molar-refractivity contribution in [1.82, 2.24) is 9.55 Å². The molecule has 1 aromatic heterocycles. The highest BCUT2D eigenvalue weighted by Gasteiger charge is 2.09. The smallest absolute Gasteiger partial charge is 0.203 e. The Morgan fingerprint density at radius 1 is 1.50 bits per heavy atom. The van der Waals surface area contributed by atoms with Gasteiger partial charge in [0.05, 0.1) is 11.0 Å². The molecule has 0 saturated carbocycles. The summed E-state index contributed by atoms with van der Waals surface area (Å²) in [4.78, 5) is 4.56. The van der Waals surface area contributed by atoms with Crippen molar-refractivity contribution < 1.29 is 0 Å². The van der Waals surface area contributed by atoms with Gasteiger partial charge in [-0.25, -0.2) is 4.98 Å². The predicted molar refractivity (Wildman–Crippen MR) is 67.6 cm³/mol. The summed E-state index contributed by atoms with van der Waals surface area (Å²) in [5, 5.41) is 3.30. The number of aryl methyl sites for hydroxylation is 2. The molecule has 3 N–H and O–H groups in total. The normalized spacial score (nSPS) is 13.0. The number of nitrogens with one attached hydrogen (secondary N) is 1. The summed E-state index contributed by atoms with van der Waals surface area (Å²) >= 11 is 0. The number of rotatable bonds is 3. The maximum Gasteiger partial charge on any atom is 0.203 e. The number of imidazole rings is 1. The fourth-order valence-corrected chi connectivity index (χ4v) is 1.72. The SMILES string of the molecule is Cc1ccc2c(c1)nc(NC(C)CN)n2C. The van der Waals surface area contributed by atoms with Gasteiger partial charge < -0.3 is 15.6 Å². The molecule has 0 aliphatic rings. The molecule has 1 aromatic carbocycles. The number of hydrogen-bond donors (Lipinski definition) is 2. The highest BCUT2D eigenvalue weighted by molar-refractivity contribution is 5.79. The molecule has 1 atom stereocenters. The number of nitrogens with zero attached hydrogens (tertiary/aromatic N) is 2. The minimum atomic E-state index is 0.233. The molecule has 0 aliphatic carbocycles. The van der Waals surface area contributed by atoms with Gasteiger partial charge in [0.15, 0.2) is 0 Å². The third-order valence-corrected chi connectivity index (χ3v) is 2.77. The Labute approximate surface area is 95.5 Å². The van der Waals surface area contributed by atoms with Gasteiger partial charge in [0.1, 0.15) is 0 Å². The fraction of sp³-hybridized carbons (Fsp3) is 0.417. The standard InChI is InChI=1S/C12H18N4/c1-8-4-5-11-10(6-8)15-12(16(11)3)14-9(2)7-13/h4-6,9H,7,13H2,1-3H3,(H,14,15). The summed E-state index contributed by atoms with van der Waals surface area (Å²) in [6, 6.07) is 6.51. The van der Waals surface area contributed by atoms with Crippen LogP contribution in [0.25, 0.3) is 11.0 Å². The Balaban J connectivity index is 2.43. The largest absolute Gasteiger partial charge is 0.352 e. The monoisotopic (exact) mass is 218 g/mol. The first kappa shape index (κ1) is 11.0. The molecule has 0 radical (unpaired) electrons. The lowest BCUT2D eigenvalue weighted by Gasteiger charge is -2.11. The van der Waals surface area contributed by atoms with Crippen molar-refractivity contribution in [2.45, 2.75) is 19.9 Å². The zero-order valence-electron chi connectivity index (χ0n) is 9.99. The van der Waals surface area contributed by atoms with E-state index in [0.717, 1.165) is 17.0 Å². The molecule has 0 spiro atoms. The van der Waals surface area contributed by atoms with Crippen LogP contribution in [-0.4, -0.2) is 22.1 Å². The predicted octanol–water partition coefficient (Wildman–Crippen LogP) is 1.64. The Morgan fingerprint density at radius 2 is 2.25 bits per heavy atom. The van der Waals surface area contributed by atoms with E-state index < -0.39 is 0 Å². The molecular formula is C12H18N4. The third kappa shape index (κ3) is 1.88. The van der Waals surface area contributed by atoms with Crippen LogP contribution in [0.5, 0.6) is 0 Å². The van der Waals surface area contributed by atoms with Gasteiger partial charge in [-0.1, -0.05) is 6.07 Å². The first-order chi connectivity index (χ1) is 7.61.